The van der Waals surface area contributed by atoms with Crippen molar-refractivity contribution in [3.8, 4) is 0 Å². The Bertz CT molecular complexity index is 201. The van der Waals surface area contributed by atoms with Gasteiger partial charge in [0.1, 0.15) is 0 Å². The SMILES string of the molecule is C[C-](C)C.Cc1ccncc1.[CH-]=O.[CH-]=O.[Ru+3]. The Morgan fingerprint density at radius 3 is 1.38 bits per heavy atom. The van der Waals surface area contributed by atoms with Gasteiger partial charge in [-0.25, -0.2) is 0 Å². The summed E-state index contributed by atoms with van der Waals surface area (Å²) < 4.78 is 0. The van der Waals surface area contributed by atoms with Gasteiger partial charge < -0.3 is 15.5 Å². The van der Waals surface area contributed by atoms with E-state index in [1.54, 1.807) is 12.4 Å². The molecule has 1 aromatic heterocycles. The molecule has 91 valence electrons. The first-order valence-electron chi connectivity index (χ1n) is 4.23. The molecule has 0 aliphatic heterocycles. The van der Waals surface area contributed by atoms with E-state index >= 15 is 0 Å². The molecule has 0 unspecified atom stereocenters. The molecule has 3 nitrogen and oxygen atoms in total. The van der Waals surface area contributed by atoms with Gasteiger partial charge in [0.05, 0.1) is 0 Å². The zero-order valence-corrected chi connectivity index (χ0v) is 11.8. The zero-order valence-electron chi connectivity index (χ0n) is 10.1. The molecule has 0 fully saturated rings. The van der Waals surface area contributed by atoms with Crippen molar-refractivity contribution < 1.29 is 29.1 Å². The van der Waals surface area contributed by atoms with Gasteiger partial charge in [-0.1, -0.05) is 0 Å². The minimum absolute atomic E-state index is 0. The van der Waals surface area contributed by atoms with Crippen molar-refractivity contribution >= 4 is 13.6 Å². The fourth-order valence-corrected chi connectivity index (χ4v) is 0.426. The second-order valence-corrected chi connectivity index (χ2v) is 3.02. The van der Waals surface area contributed by atoms with Crippen LogP contribution in [-0.2, 0) is 29.1 Å². The summed E-state index contributed by atoms with van der Waals surface area (Å²) in [6, 6.07) is 3.94. The van der Waals surface area contributed by atoms with Crippen molar-refractivity contribution in [1.82, 2.24) is 4.98 Å². The monoisotopic (exact) mass is 310 g/mol. The molecule has 0 spiro atoms. The molecule has 0 aliphatic carbocycles. The molecule has 16 heavy (non-hydrogen) atoms. The summed E-state index contributed by atoms with van der Waals surface area (Å²) in [5.74, 6) is 1.42. The van der Waals surface area contributed by atoms with Gasteiger partial charge in [-0.05, 0) is 24.6 Å². The number of nitrogens with zero attached hydrogens (tertiary/aromatic N) is 1. The third-order valence-corrected chi connectivity index (χ3v) is 0.847. The Hall–Kier alpha value is -0.887. The average Bonchev–Trinajstić information content (AvgIpc) is 2.24. The Kier molecular flexibility index (Phi) is 36.1. The Balaban J connectivity index is -0.0000000702. The van der Waals surface area contributed by atoms with Gasteiger partial charge in [0.2, 0.25) is 0 Å². The second kappa shape index (κ2) is 23.7. The summed E-state index contributed by atoms with van der Waals surface area (Å²) in [6.07, 6.45) is 3.57. The minimum atomic E-state index is 0. The molecule has 0 saturated carbocycles. The average molecular weight is 309 g/mol. The zero-order chi connectivity index (χ0) is 12.7. The Labute approximate surface area is 111 Å². The van der Waals surface area contributed by atoms with Gasteiger partial charge in [0.25, 0.3) is 0 Å². The summed E-state index contributed by atoms with van der Waals surface area (Å²) in [5.41, 5.74) is 1.26. The molecule has 0 N–H and O–H groups in total. The second-order valence-electron chi connectivity index (χ2n) is 3.02. The molecule has 0 atom stereocenters. The number of aromatic nitrogens is 1. The summed E-state index contributed by atoms with van der Waals surface area (Å²) in [6.45, 7) is 14.8. The molecular weight excluding hydrogens is 291 g/mol. The minimum Gasteiger partial charge on any atom is -0.545 e. The topological polar surface area (TPSA) is 47.0 Å². The molecule has 1 radical (unpaired) electrons. The maximum absolute atomic E-state index is 7.75. The van der Waals surface area contributed by atoms with E-state index < -0.39 is 0 Å². The van der Waals surface area contributed by atoms with Crippen LogP contribution >= 0.6 is 0 Å². The van der Waals surface area contributed by atoms with Crippen LogP contribution in [0, 0.1) is 12.8 Å². The molecule has 0 saturated heterocycles. The molecule has 1 heterocycles. The number of hydrogen-bond donors (Lipinski definition) is 0. The fourth-order valence-electron chi connectivity index (χ4n) is 0.426. The number of pyridine rings is 1. The third-order valence-electron chi connectivity index (χ3n) is 0.847. The van der Waals surface area contributed by atoms with Crippen molar-refractivity contribution in [2.24, 2.45) is 0 Å². The van der Waals surface area contributed by atoms with Crippen LogP contribution in [-0.4, -0.2) is 18.6 Å². The Morgan fingerprint density at radius 2 is 1.25 bits per heavy atom. The standard InChI is InChI=1S/C6H7N.C4H9.2CHO.Ru/c1-6-2-4-7-5-3-6;1-4(2)3;2*1-2;/h2-5H,1H3;1-3H3;2*1H;/q;3*-1;+3. The van der Waals surface area contributed by atoms with E-state index in [4.69, 9.17) is 9.59 Å². The summed E-state index contributed by atoms with van der Waals surface area (Å²) >= 11 is 0. The van der Waals surface area contributed by atoms with Gasteiger partial charge in [0, 0.05) is 12.4 Å². The van der Waals surface area contributed by atoms with E-state index in [2.05, 4.69) is 39.3 Å². The predicted octanol–water partition coefficient (Wildman–Crippen LogP) is 2.46. The van der Waals surface area contributed by atoms with E-state index in [1.807, 2.05) is 19.1 Å². The molecule has 1 rings (SSSR count). The van der Waals surface area contributed by atoms with Crippen LogP contribution in [0.3, 0.4) is 0 Å². The largest absolute Gasteiger partial charge is 3.00 e. The maximum atomic E-state index is 7.75. The number of rotatable bonds is 0. The quantitative estimate of drug-likeness (QED) is 0.420. The summed E-state index contributed by atoms with van der Waals surface area (Å²) in [4.78, 5) is 19.3. The molecular formula is C12H18NO2Ru. The summed E-state index contributed by atoms with van der Waals surface area (Å²) in [5, 5.41) is 0. The third kappa shape index (κ3) is 38.0. The van der Waals surface area contributed by atoms with Crippen LogP contribution < -0.4 is 0 Å². The van der Waals surface area contributed by atoms with Crippen molar-refractivity contribution in [3.63, 3.8) is 0 Å². The first-order valence-corrected chi connectivity index (χ1v) is 4.23. The molecule has 1 aromatic rings. The van der Waals surface area contributed by atoms with Crippen molar-refractivity contribution in [1.29, 1.82) is 0 Å². The van der Waals surface area contributed by atoms with Crippen molar-refractivity contribution in [3.05, 3.63) is 36.0 Å². The van der Waals surface area contributed by atoms with Crippen molar-refractivity contribution in [2.75, 3.05) is 0 Å². The van der Waals surface area contributed by atoms with E-state index in [9.17, 15) is 0 Å². The first-order chi connectivity index (χ1) is 7.13. The molecule has 0 amide bonds. The van der Waals surface area contributed by atoms with E-state index in [0.29, 0.717) is 0 Å². The van der Waals surface area contributed by atoms with Crippen LogP contribution in [0.5, 0.6) is 0 Å². The molecule has 4 heteroatoms. The van der Waals surface area contributed by atoms with Gasteiger partial charge in [-0.2, -0.15) is 20.8 Å². The van der Waals surface area contributed by atoms with Crippen LogP contribution in [0.4, 0.5) is 0 Å². The van der Waals surface area contributed by atoms with Crippen molar-refractivity contribution in [2.45, 2.75) is 27.7 Å². The van der Waals surface area contributed by atoms with Crippen LogP contribution in [0.15, 0.2) is 24.5 Å². The van der Waals surface area contributed by atoms with Gasteiger partial charge >= 0.3 is 19.5 Å². The molecule has 0 aromatic carbocycles. The van der Waals surface area contributed by atoms with E-state index in [0.717, 1.165) is 0 Å². The number of hydrogen-bond acceptors (Lipinski definition) is 3. The van der Waals surface area contributed by atoms with E-state index in [-0.39, 0.29) is 19.5 Å². The number of aryl methyl sites for hydroxylation is 1. The fraction of sp³-hybridized carbons (Fsp3) is 0.333. The van der Waals surface area contributed by atoms with Crippen LogP contribution in [0.1, 0.15) is 26.3 Å². The van der Waals surface area contributed by atoms with Crippen LogP contribution in [0.2, 0.25) is 0 Å². The smallest absolute Gasteiger partial charge is 0.545 e. The first kappa shape index (κ1) is 24.4. The Morgan fingerprint density at radius 1 is 1.00 bits per heavy atom. The van der Waals surface area contributed by atoms with Crippen LogP contribution in [0.25, 0.3) is 0 Å². The predicted molar refractivity (Wildman–Crippen MR) is 62.7 cm³/mol. The van der Waals surface area contributed by atoms with Gasteiger partial charge in [0.15, 0.2) is 0 Å². The number of carbonyl (C=O) groups excluding carboxylic acids is 2. The van der Waals surface area contributed by atoms with E-state index in [1.165, 1.54) is 11.5 Å². The molecule has 0 bridgehead atoms. The maximum Gasteiger partial charge on any atom is 3.00 e. The van der Waals surface area contributed by atoms with Gasteiger partial charge in [-0.15, -0.1) is 0 Å². The van der Waals surface area contributed by atoms with Gasteiger partial charge in [-0.3, -0.25) is 18.6 Å². The normalized spacial score (nSPS) is 6.56. The summed E-state index contributed by atoms with van der Waals surface area (Å²) in [7, 11) is 0. The molecule has 0 aliphatic rings.